The maximum absolute atomic E-state index is 6.08. The molecule has 0 amide bonds. The van der Waals surface area contributed by atoms with Crippen LogP contribution in [-0.2, 0) is 0 Å². The minimum Gasteiger partial charge on any atom is -0.487 e. The summed E-state index contributed by atoms with van der Waals surface area (Å²) in [5.74, 6) is 1.51. The average Bonchev–Trinajstić information content (AvgIpc) is 2.15. The molecule has 1 heterocycles. The van der Waals surface area contributed by atoms with E-state index < -0.39 is 0 Å². The molecule has 0 spiro atoms. The highest BCUT2D eigenvalue weighted by molar-refractivity contribution is 5.40. The molecular formula is C14H19O. The molecule has 1 atom stereocenters. The first kappa shape index (κ1) is 10.5. The number of fused-ring (bicyclic) bond motifs is 1. The van der Waals surface area contributed by atoms with Crippen molar-refractivity contribution >= 4 is 0 Å². The van der Waals surface area contributed by atoms with Crippen molar-refractivity contribution in [3.05, 3.63) is 29.8 Å². The van der Waals surface area contributed by atoms with Crippen molar-refractivity contribution in [3.8, 4) is 5.75 Å². The largest absolute Gasteiger partial charge is 0.487 e. The number of benzene rings is 1. The maximum atomic E-state index is 6.08. The second kappa shape index (κ2) is 3.01. The van der Waals surface area contributed by atoms with E-state index in [9.17, 15) is 0 Å². The van der Waals surface area contributed by atoms with Gasteiger partial charge in [0.1, 0.15) is 11.4 Å². The number of rotatable bonds is 0. The van der Waals surface area contributed by atoms with Gasteiger partial charge in [0, 0.05) is 5.41 Å². The van der Waals surface area contributed by atoms with E-state index in [-0.39, 0.29) is 11.0 Å². The minimum absolute atomic E-state index is 0.124. The Morgan fingerprint density at radius 2 is 1.93 bits per heavy atom. The molecule has 1 aliphatic heterocycles. The fourth-order valence-corrected chi connectivity index (χ4v) is 2.18. The van der Waals surface area contributed by atoms with Gasteiger partial charge in [-0.3, -0.25) is 0 Å². The molecule has 1 nitrogen and oxygen atoms in total. The zero-order chi connectivity index (χ0) is 11.3. The van der Waals surface area contributed by atoms with Crippen LogP contribution >= 0.6 is 0 Å². The molecule has 1 radical (unpaired) electrons. The first-order valence-electron chi connectivity index (χ1n) is 5.55. The smallest absolute Gasteiger partial charge is 0.123 e. The summed E-state index contributed by atoms with van der Waals surface area (Å²) < 4.78 is 6.08. The van der Waals surface area contributed by atoms with Gasteiger partial charge in [0.15, 0.2) is 0 Å². The Bertz CT molecular complexity index is 377. The normalized spacial score (nSPS) is 26.6. The van der Waals surface area contributed by atoms with Crippen LogP contribution in [0.25, 0.3) is 0 Å². The Labute approximate surface area is 92.5 Å². The SMILES string of the molecule is CC1c2c[c]ccc2OC(C)(C)C1(C)C. The lowest BCUT2D eigenvalue weighted by Crippen LogP contribution is -2.50. The van der Waals surface area contributed by atoms with E-state index in [2.05, 4.69) is 46.8 Å². The van der Waals surface area contributed by atoms with Crippen molar-refractivity contribution in [2.75, 3.05) is 0 Å². The molecule has 2 rings (SSSR count). The van der Waals surface area contributed by atoms with Crippen LogP contribution in [0.4, 0.5) is 0 Å². The minimum atomic E-state index is -0.124. The molecule has 15 heavy (non-hydrogen) atoms. The zero-order valence-corrected chi connectivity index (χ0v) is 10.2. The first-order chi connectivity index (χ1) is 6.86. The lowest BCUT2D eigenvalue weighted by molar-refractivity contribution is -0.0431. The van der Waals surface area contributed by atoms with Gasteiger partial charge in [-0.05, 0) is 43.5 Å². The molecule has 1 aromatic carbocycles. The molecule has 1 aromatic rings. The standard InChI is InChI=1S/C14H19O/c1-10-11-8-6-7-9-12(11)15-14(4,5)13(10,2)3/h7-10H,1-5H3. The molecule has 1 heteroatoms. The molecular weight excluding hydrogens is 184 g/mol. The summed E-state index contributed by atoms with van der Waals surface area (Å²) in [5, 5.41) is 0. The average molecular weight is 203 g/mol. The molecule has 1 unspecified atom stereocenters. The van der Waals surface area contributed by atoms with E-state index in [1.165, 1.54) is 5.56 Å². The molecule has 0 fully saturated rings. The Morgan fingerprint density at radius 3 is 2.60 bits per heavy atom. The number of hydrogen-bond acceptors (Lipinski definition) is 1. The molecule has 0 saturated carbocycles. The van der Waals surface area contributed by atoms with Crippen LogP contribution in [0.1, 0.15) is 46.1 Å². The van der Waals surface area contributed by atoms with E-state index in [1.807, 2.05) is 12.1 Å². The highest BCUT2D eigenvalue weighted by atomic mass is 16.5. The maximum Gasteiger partial charge on any atom is 0.123 e. The summed E-state index contributed by atoms with van der Waals surface area (Å²) >= 11 is 0. The van der Waals surface area contributed by atoms with Gasteiger partial charge in [-0.25, -0.2) is 0 Å². The third-order valence-electron chi connectivity index (χ3n) is 4.32. The van der Waals surface area contributed by atoms with Gasteiger partial charge in [-0.1, -0.05) is 26.8 Å². The molecule has 0 N–H and O–H groups in total. The Kier molecular flexibility index (Phi) is 2.11. The predicted octanol–water partition coefficient (Wildman–Crippen LogP) is 3.79. The van der Waals surface area contributed by atoms with Gasteiger partial charge in [0.05, 0.1) is 0 Å². The fraction of sp³-hybridized carbons (Fsp3) is 0.571. The van der Waals surface area contributed by atoms with Crippen molar-refractivity contribution in [3.63, 3.8) is 0 Å². The summed E-state index contributed by atoms with van der Waals surface area (Å²) in [4.78, 5) is 0. The van der Waals surface area contributed by atoms with E-state index in [4.69, 9.17) is 4.74 Å². The monoisotopic (exact) mass is 203 g/mol. The molecule has 0 saturated heterocycles. The summed E-state index contributed by atoms with van der Waals surface area (Å²) in [6.45, 7) is 11.2. The van der Waals surface area contributed by atoms with Crippen LogP contribution in [0.3, 0.4) is 0 Å². The highest BCUT2D eigenvalue weighted by Crippen LogP contribution is 2.52. The van der Waals surface area contributed by atoms with Gasteiger partial charge in [0.25, 0.3) is 0 Å². The van der Waals surface area contributed by atoms with Crippen molar-refractivity contribution in [1.29, 1.82) is 0 Å². The van der Waals surface area contributed by atoms with Gasteiger partial charge in [0.2, 0.25) is 0 Å². The van der Waals surface area contributed by atoms with Crippen LogP contribution in [0.2, 0.25) is 0 Å². The first-order valence-corrected chi connectivity index (χ1v) is 5.55. The van der Waals surface area contributed by atoms with Crippen LogP contribution < -0.4 is 4.74 Å². The number of hydrogen-bond donors (Lipinski definition) is 0. The second-order valence-corrected chi connectivity index (χ2v) is 5.52. The van der Waals surface area contributed by atoms with Crippen LogP contribution in [0, 0.1) is 11.5 Å². The third-order valence-corrected chi connectivity index (χ3v) is 4.32. The van der Waals surface area contributed by atoms with Crippen molar-refractivity contribution in [2.45, 2.75) is 46.1 Å². The molecule has 0 bridgehead atoms. The van der Waals surface area contributed by atoms with Crippen LogP contribution in [0.15, 0.2) is 18.2 Å². The van der Waals surface area contributed by atoms with Crippen LogP contribution in [-0.4, -0.2) is 5.60 Å². The van der Waals surface area contributed by atoms with E-state index in [1.54, 1.807) is 0 Å². The summed E-state index contributed by atoms with van der Waals surface area (Å²) in [6.07, 6.45) is 0. The lowest BCUT2D eigenvalue weighted by atomic mass is 9.64. The van der Waals surface area contributed by atoms with Crippen molar-refractivity contribution < 1.29 is 4.74 Å². The summed E-state index contributed by atoms with van der Waals surface area (Å²) in [5.41, 5.74) is 1.29. The highest BCUT2D eigenvalue weighted by Gasteiger charge is 2.47. The van der Waals surface area contributed by atoms with E-state index >= 15 is 0 Å². The Morgan fingerprint density at radius 1 is 1.27 bits per heavy atom. The molecule has 1 aliphatic rings. The molecule has 81 valence electrons. The Balaban J connectivity index is 2.56. The van der Waals surface area contributed by atoms with Crippen LogP contribution in [0.5, 0.6) is 5.75 Å². The Hall–Kier alpha value is -0.980. The van der Waals surface area contributed by atoms with Crippen molar-refractivity contribution in [2.24, 2.45) is 5.41 Å². The lowest BCUT2D eigenvalue weighted by Gasteiger charge is -2.50. The molecule has 0 aromatic heterocycles. The molecule has 0 aliphatic carbocycles. The summed E-state index contributed by atoms with van der Waals surface area (Å²) in [6, 6.07) is 9.12. The van der Waals surface area contributed by atoms with Gasteiger partial charge in [-0.15, -0.1) is 0 Å². The quantitative estimate of drug-likeness (QED) is 0.623. The van der Waals surface area contributed by atoms with Gasteiger partial charge >= 0.3 is 0 Å². The summed E-state index contributed by atoms with van der Waals surface area (Å²) in [7, 11) is 0. The zero-order valence-electron chi connectivity index (χ0n) is 10.2. The van der Waals surface area contributed by atoms with Crippen molar-refractivity contribution in [1.82, 2.24) is 0 Å². The number of ether oxygens (including phenoxy) is 1. The van der Waals surface area contributed by atoms with E-state index in [0.29, 0.717) is 5.92 Å². The second-order valence-electron chi connectivity index (χ2n) is 5.52. The fourth-order valence-electron chi connectivity index (χ4n) is 2.18. The van der Waals surface area contributed by atoms with Gasteiger partial charge < -0.3 is 4.74 Å². The third kappa shape index (κ3) is 1.37. The van der Waals surface area contributed by atoms with Gasteiger partial charge in [-0.2, -0.15) is 0 Å². The topological polar surface area (TPSA) is 9.23 Å². The predicted molar refractivity (Wildman–Crippen MR) is 62.2 cm³/mol. The van der Waals surface area contributed by atoms with E-state index in [0.717, 1.165) is 5.75 Å².